The summed E-state index contributed by atoms with van der Waals surface area (Å²) in [5.74, 6) is -1.08. The highest BCUT2D eigenvalue weighted by Crippen LogP contribution is 2.36. The molecule has 110 valence electrons. The maximum Gasteiger partial charge on any atom is 0.341 e. The third-order valence-electron chi connectivity index (χ3n) is 2.91. The Morgan fingerprint density at radius 1 is 1.29 bits per heavy atom. The summed E-state index contributed by atoms with van der Waals surface area (Å²) in [6.07, 6.45) is 0.310. The van der Waals surface area contributed by atoms with Crippen molar-refractivity contribution in [3.05, 3.63) is 41.0 Å². The minimum absolute atomic E-state index is 0.187. The molecule has 0 saturated carbocycles. The van der Waals surface area contributed by atoms with Crippen LogP contribution in [0.5, 0.6) is 0 Å². The fourth-order valence-corrected chi connectivity index (χ4v) is 2.79. The summed E-state index contributed by atoms with van der Waals surface area (Å²) >= 11 is 1.24. The minimum Gasteiger partial charge on any atom is -0.465 e. The Morgan fingerprint density at radius 3 is 2.52 bits per heavy atom. The third kappa shape index (κ3) is 3.28. The van der Waals surface area contributed by atoms with Crippen LogP contribution in [-0.4, -0.2) is 19.0 Å². The van der Waals surface area contributed by atoms with E-state index in [1.54, 1.807) is 24.4 Å². The molecular weight excluding hydrogens is 293 g/mol. The first-order valence-electron chi connectivity index (χ1n) is 6.32. The molecule has 6 heteroatoms. The lowest BCUT2D eigenvalue weighted by atomic mass is 10.0. The summed E-state index contributed by atoms with van der Waals surface area (Å²) in [4.78, 5) is 23.5. The van der Waals surface area contributed by atoms with Crippen LogP contribution in [-0.2, 0) is 9.53 Å². The van der Waals surface area contributed by atoms with Crippen molar-refractivity contribution in [3.63, 3.8) is 0 Å². The van der Waals surface area contributed by atoms with Crippen molar-refractivity contribution in [1.82, 2.24) is 0 Å². The average molecular weight is 307 g/mol. The number of ether oxygens (including phenoxy) is 1. The van der Waals surface area contributed by atoms with Gasteiger partial charge in [-0.3, -0.25) is 4.79 Å². The second-order valence-corrected chi connectivity index (χ2v) is 5.13. The SMILES string of the molecule is CCC(=O)Nc1scc(-c2ccc(F)cc2)c1C(=O)OC. The van der Waals surface area contributed by atoms with E-state index in [2.05, 4.69) is 5.32 Å². The van der Waals surface area contributed by atoms with Crippen LogP contribution in [0.25, 0.3) is 11.1 Å². The highest BCUT2D eigenvalue weighted by atomic mass is 32.1. The second kappa shape index (κ2) is 6.49. The van der Waals surface area contributed by atoms with E-state index < -0.39 is 5.97 Å². The third-order valence-corrected chi connectivity index (χ3v) is 3.81. The molecule has 1 heterocycles. The van der Waals surface area contributed by atoms with Gasteiger partial charge < -0.3 is 10.1 Å². The van der Waals surface area contributed by atoms with Gasteiger partial charge in [-0.1, -0.05) is 19.1 Å². The van der Waals surface area contributed by atoms with Crippen LogP contribution in [0.3, 0.4) is 0 Å². The zero-order valence-electron chi connectivity index (χ0n) is 11.6. The van der Waals surface area contributed by atoms with Gasteiger partial charge in [-0.15, -0.1) is 11.3 Å². The molecule has 2 aromatic rings. The monoisotopic (exact) mass is 307 g/mol. The van der Waals surface area contributed by atoms with E-state index in [0.717, 1.165) is 0 Å². The summed E-state index contributed by atoms with van der Waals surface area (Å²) in [5.41, 5.74) is 1.58. The molecule has 0 aliphatic carbocycles. The van der Waals surface area contributed by atoms with Gasteiger partial charge in [-0.05, 0) is 17.7 Å². The van der Waals surface area contributed by atoms with Crippen LogP contribution in [0, 0.1) is 5.82 Å². The molecule has 21 heavy (non-hydrogen) atoms. The van der Waals surface area contributed by atoms with E-state index in [0.29, 0.717) is 22.5 Å². The molecule has 1 aromatic carbocycles. The van der Waals surface area contributed by atoms with Crippen molar-refractivity contribution in [2.45, 2.75) is 13.3 Å². The number of hydrogen-bond donors (Lipinski definition) is 1. The van der Waals surface area contributed by atoms with Crippen molar-refractivity contribution in [2.24, 2.45) is 0 Å². The first-order valence-corrected chi connectivity index (χ1v) is 7.20. The van der Waals surface area contributed by atoms with Crippen molar-refractivity contribution < 1.29 is 18.7 Å². The number of benzene rings is 1. The summed E-state index contributed by atoms with van der Waals surface area (Å²) < 4.78 is 17.8. The van der Waals surface area contributed by atoms with Gasteiger partial charge in [0.05, 0.1) is 7.11 Å². The zero-order chi connectivity index (χ0) is 15.4. The van der Waals surface area contributed by atoms with E-state index in [1.165, 1.54) is 30.6 Å². The summed E-state index contributed by atoms with van der Waals surface area (Å²) in [5, 5.41) is 4.86. The first kappa shape index (κ1) is 15.2. The van der Waals surface area contributed by atoms with Crippen LogP contribution in [0.4, 0.5) is 9.39 Å². The lowest BCUT2D eigenvalue weighted by Crippen LogP contribution is -2.12. The summed E-state index contributed by atoms with van der Waals surface area (Å²) in [6.45, 7) is 1.72. The molecule has 1 amide bonds. The molecule has 4 nitrogen and oxygen atoms in total. The number of hydrogen-bond acceptors (Lipinski definition) is 4. The molecular formula is C15H14FNO3S. The number of amides is 1. The molecule has 0 atom stereocenters. The molecule has 0 unspecified atom stereocenters. The van der Waals surface area contributed by atoms with Gasteiger partial charge in [0, 0.05) is 17.4 Å². The van der Waals surface area contributed by atoms with Gasteiger partial charge in [0.15, 0.2) is 0 Å². The van der Waals surface area contributed by atoms with E-state index in [4.69, 9.17) is 4.74 Å². The number of halogens is 1. The highest BCUT2D eigenvalue weighted by molar-refractivity contribution is 7.15. The Labute approximate surface area is 125 Å². The number of thiophene rings is 1. The smallest absolute Gasteiger partial charge is 0.341 e. The van der Waals surface area contributed by atoms with Gasteiger partial charge >= 0.3 is 5.97 Å². The number of methoxy groups -OCH3 is 1. The Kier molecular flexibility index (Phi) is 4.70. The Bertz CT molecular complexity index is 664. The largest absolute Gasteiger partial charge is 0.465 e. The van der Waals surface area contributed by atoms with Gasteiger partial charge in [-0.25, -0.2) is 9.18 Å². The van der Waals surface area contributed by atoms with Gasteiger partial charge in [-0.2, -0.15) is 0 Å². The first-order chi connectivity index (χ1) is 10.1. The van der Waals surface area contributed by atoms with Crippen LogP contribution in [0.1, 0.15) is 23.7 Å². The van der Waals surface area contributed by atoms with Crippen LogP contribution in [0.2, 0.25) is 0 Å². The van der Waals surface area contributed by atoms with Crippen LogP contribution < -0.4 is 5.32 Å². The van der Waals surface area contributed by atoms with E-state index in [9.17, 15) is 14.0 Å². The van der Waals surface area contributed by atoms with Crippen molar-refractivity contribution in [2.75, 3.05) is 12.4 Å². The zero-order valence-corrected chi connectivity index (χ0v) is 12.4. The molecule has 1 aromatic heterocycles. The standard InChI is InChI=1S/C15H14FNO3S/c1-3-12(18)17-14-13(15(19)20-2)11(8-21-14)9-4-6-10(16)7-5-9/h4-8H,3H2,1-2H3,(H,17,18). The lowest BCUT2D eigenvalue weighted by molar-refractivity contribution is -0.115. The van der Waals surface area contributed by atoms with Crippen LogP contribution in [0.15, 0.2) is 29.6 Å². The Morgan fingerprint density at radius 2 is 1.95 bits per heavy atom. The molecule has 0 saturated heterocycles. The van der Waals surface area contributed by atoms with Crippen molar-refractivity contribution in [3.8, 4) is 11.1 Å². The minimum atomic E-state index is -0.540. The molecule has 0 spiro atoms. The molecule has 0 aliphatic rings. The van der Waals surface area contributed by atoms with Crippen molar-refractivity contribution in [1.29, 1.82) is 0 Å². The molecule has 0 aliphatic heterocycles. The fraction of sp³-hybridized carbons (Fsp3) is 0.200. The Balaban J connectivity index is 2.48. The topological polar surface area (TPSA) is 55.4 Å². The fourth-order valence-electron chi connectivity index (χ4n) is 1.81. The predicted octanol–water partition coefficient (Wildman–Crippen LogP) is 3.69. The van der Waals surface area contributed by atoms with Crippen molar-refractivity contribution >= 4 is 28.2 Å². The number of anilines is 1. The van der Waals surface area contributed by atoms with E-state index in [1.807, 2.05) is 0 Å². The summed E-state index contributed by atoms with van der Waals surface area (Å²) in [7, 11) is 1.28. The number of rotatable bonds is 4. The highest BCUT2D eigenvalue weighted by Gasteiger charge is 2.21. The Hall–Kier alpha value is -2.21. The van der Waals surface area contributed by atoms with Gasteiger partial charge in [0.25, 0.3) is 0 Å². The predicted molar refractivity (Wildman–Crippen MR) is 80.0 cm³/mol. The second-order valence-electron chi connectivity index (χ2n) is 4.25. The molecule has 0 radical (unpaired) electrons. The quantitative estimate of drug-likeness (QED) is 0.876. The molecule has 2 rings (SSSR count). The average Bonchev–Trinajstić information content (AvgIpc) is 2.90. The van der Waals surface area contributed by atoms with Crippen LogP contribution >= 0.6 is 11.3 Å². The number of esters is 1. The normalized spacial score (nSPS) is 10.2. The molecule has 1 N–H and O–H groups in total. The van der Waals surface area contributed by atoms with E-state index >= 15 is 0 Å². The van der Waals surface area contributed by atoms with E-state index in [-0.39, 0.29) is 17.3 Å². The number of nitrogens with one attached hydrogen (secondary N) is 1. The number of carbonyl (C=O) groups excluding carboxylic acids is 2. The maximum absolute atomic E-state index is 13.0. The molecule has 0 bridgehead atoms. The summed E-state index contributed by atoms with van der Waals surface area (Å²) in [6, 6.07) is 5.79. The van der Waals surface area contributed by atoms with Gasteiger partial charge in [0.2, 0.25) is 5.91 Å². The number of carbonyl (C=O) groups is 2. The van der Waals surface area contributed by atoms with Gasteiger partial charge in [0.1, 0.15) is 16.4 Å². The lowest BCUT2D eigenvalue weighted by Gasteiger charge is -2.07. The maximum atomic E-state index is 13.0. The molecule has 0 fully saturated rings.